The average Bonchev–Trinajstić information content (AvgIpc) is 2.59. The zero-order valence-electron chi connectivity index (χ0n) is 13.4. The molecule has 0 N–H and O–H groups in total. The van der Waals surface area contributed by atoms with Gasteiger partial charge in [0.25, 0.3) is 0 Å². The Hall–Kier alpha value is -2.94. The minimum atomic E-state index is 0.684. The highest BCUT2D eigenvalue weighted by molar-refractivity contribution is 5.96. The van der Waals surface area contributed by atoms with Gasteiger partial charge in [0.15, 0.2) is 0 Å². The Morgan fingerprint density at radius 1 is 1.08 bits per heavy atom. The lowest BCUT2D eigenvalue weighted by Gasteiger charge is -2.35. The zero-order valence-corrected chi connectivity index (χ0v) is 13.4. The summed E-state index contributed by atoms with van der Waals surface area (Å²) in [6.07, 6.45) is 3.93. The second-order valence-electron chi connectivity index (χ2n) is 6.12. The molecule has 0 bridgehead atoms. The number of likely N-dealkylation sites (tertiary alicyclic amines) is 1. The van der Waals surface area contributed by atoms with Crippen LogP contribution in [0.25, 0.3) is 27.7 Å². The predicted octanol–water partition coefficient (Wildman–Crippen LogP) is 4.39. The smallest absolute Gasteiger partial charge is 0.150 e. The Balaban J connectivity index is 1.82. The number of pyridine rings is 1. The number of benzene rings is 2. The van der Waals surface area contributed by atoms with Crippen LogP contribution in [-0.4, -0.2) is 29.3 Å². The van der Waals surface area contributed by atoms with Gasteiger partial charge in [-0.3, -0.25) is 9.78 Å². The number of fused-ring (bicyclic) bond motifs is 1. The molecule has 3 heteroatoms. The van der Waals surface area contributed by atoms with Crippen LogP contribution in [-0.2, 0) is 0 Å². The molecule has 0 amide bonds. The SMILES string of the molecule is C=C(c1ccc2nccc(-c3ccc(C=O)cc3)c2c1)N1CCC1. The van der Waals surface area contributed by atoms with Crippen molar-refractivity contribution in [1.29, 1.82) is 0 Å². The molecule has 0 spiro atoms. The van der Waals surface area contributed by atoms with Crippen LogP contribution in [0.15, 0.2) is 61.3 Å². The van der Waals surface area contributed by atoms with Crippen LogP contribution in [0.5, 0.6) is 0 Å². The van der Waals surface area contributed by atoms with Crippen LogP contribution in [0.4, 0.5) is 0 Å². The van der Waals surface area contributed by atoms with E-state index in [1.807, 2.05) is 36.5 Å². The standard InChI is InChI=1S/C21H18N2O/c1-15(23-11-2-12-23)18-7-8-21-20(13-18)19(9-10-22-21)17-5-3-16(14-24)4-6-17/h3-10,13-14H,1-2,11-12H2. The van der Waals surface area contributed by atoms with Gasteiger partial charge in [0, 0.05) is 35.9 Å². The van der Waals surface area contributed by atoms with Crippen molar-refractivity contribution >= 4 is 22.9 Å². The molecular formula is C21H18N2O. The number of aromatic nitrogens is 1. The lowest BCUT2D eigenvalue weighted by molar-refractivity contribution is 0.112. The largest absolute Gasteiger partial charge is 0.371 e. The average molecular weight is 314 g/mol. The molecule has 0 unspecified atom stereocenters. The normalized spacial score (nSPS) is 13.6. The fourth-order valence-electron chi connectivity index (χ4n) is 3.09. The second-order valence-corrected chi connectivity index (χ2v) is 6.12. The van der Waals surface area contributed by atoms with Crippen molar-refractivity contribution in [2.24, 2.45) is 0 Å². The minimum Gasteiger partial charge on any atom is -0.371 e. The summed E-state index contributed by atoms with van der Waals surface area (Å²) >= 11 is 0. The monoisotopic (exact) mass is 314 g/mol. The molecule has 2 aromatic carbocycles. The first kappa shape index (κ1) is 14.6. The van der Waals surface area contributed by atoms with Gasteiger partial charge >= 0.3 is 0 Å². The van der Waals surface area contributed by atoms with E-state index in [4.69, 9.17) is 0 Å². The number of hydrogen-bond donors (Lipinski definition) is 0. The highest BCUT2D eigenvalue weighted by Crippen LogP contribution is 2.31. The molecule has 4 rings (SSSR count). The molecule has 1 aliphatic rings. The summed E-state index contributed by atoms with van der Waals surface area (Å²) in [7, 11) is 0. The maximum Gasteiger partial charge on any atom is 0.150 e. The van der Waals surface area contributed by atoms with Crippen molar-refractivity contribution in [3.8, 4) is 11.1 Å². The van der Waals surface area contributed by atoms with Gasteiger partial charge in [-0.1, -0.05) is 36.9 Å². The van der Waals surface area contributed by atoms with Crippen LogP contribution >= 0.6 is 0 Å². The number of hydrogen-bond acceptors (Lipinski definition) is 3. The maximum absolute atomic E-state index is 10.9. The molecule has 1 fully saturated rings. The number of rotatable bonds is 4. The lowest BCUT2D eigenvalue weighted by Crippen LogP contribution is -2.34. The first-order chi connectivity index (χ1) is 11.8. The van der Waals surface area contributed by atoms with Gasteiger partial charge < -0.3 is 4.90 Å². The van der Waals surface area contributed by atoms with Crippen molar-refractivity contribution in [1.82, 2.24) is 9.88 Å². The van der Waals surface area contributed by atoms with E-state index in [0.717, 1.165) is 52.7 Å². The molecule has 3 aromatic rings. The van der Waals surface area contributed by atoms with E-state index in [1.54, 1.807) is 0 Å². The van der Waals surface area contributed by atoms with Crippen molar-refractivity contribution < 1.29 is 4.79 Å². The highest BCUT2D eigenvalue weighted by atomic mass is 16.1. The summed E-state index contributed by atoms with van der Waals surface area (Å²) in [6, 6.07) is 16.0. The molecule has 3 nitrogen and oxygen atoms in total. The molecule has 118 valence electrons. The third-order valence-corrected chi connectivity index (χ3v) is 4.67. The molecule has 24 heavy (non-hydrogen) atoms. The fourth-order valence-corrected chi connectivity index (χ4v) is 3.09. The number of aldehydes is 1. The first-order valence-corrected chi connectivity index (χ1v) is 8.15. The highest BCUT2D eigenvalue weighted by Gasteiger charge is 2.17. The van der Waals surface area contributed by atoms with E-state index in [9.17, 15) is 4.79 Å². The van der Waals surface area contributed by atoms with E-state index < -0.39 is 0 Å². The Morgan fingerprint density at radius 3 is 2.54 bits per heavy atom. The Kier molecular flexibility index (Phi) is 3.62. The summed E-state index contributed by atoms with van der Waals surface area (Å²) in [5, 5.41) is 1.11. The van der Waals surface area contributed by atoms with E-state index in [0.29, 0.717) is 5.56 Å². The topological polar surface area (TPSA) is 33.2 Å². The second kappa shape index (κ2) is 5.93. The van der Waals surface area contributed by atoms with E-state index in [1.165, 1.54) is 6.42 Å². The van der Waals surface area contributed by atoms with Crippen LogP contribution in [0.1, 0.15) is 22.3 Å². The number of nitrogens with zero attached hydrogens (tertiary/aromatic N) is 2. The third-order valence-electron chi connectivity index (χ3n) is 4.67. The van der Waals surface area contributed by atoms with Gasteiger partial charge in [0.1, 0.15) is 6.29 Å². The molecule has 2 heterocycles. The van der Waals surface area contributed by atoms with E-state index in [2.05, 4.69) is 34.7 Å². The zero-order chi connectivity index (χ0) is 16.5. The van der Waals surface area contributed by atoms with Crippen LogP contribution in [0.2, 0.25) is 0 Å². The van der Waals surface area contributed by atoms with Gasteiger partial charge in [-0.25, -0.2) is 0 Å². The van der Waals surface area contributed by atoms with Gasteiger partial charge in [0.2, 0.25) is 0 Å². The minimum absolute atomic E-state index is 0.684. The van der Waals surface area contributed by atoms with Crippen LogP contribution in [0.3, 0.4) is 0 Å². The van der Waals surface area contributed by atoms with Crippen LogP contribution < -0.4 is 0 Å². The van der Waals surface area contributed by atoms with E-state index in [-0.39, 0.29) is 0 Å². The maximum atomic E-state index is 10.9. The first-order valence-electron chi connectivity index (χ1n) is 8.15. The fraction of sp³-hybridized carbons (Fsp3) is 0.143. The van der Waals surface area contributed by atoms with Crippen molar-refractivity contribution in [2.45, 2.75) is 6.42 Å². The molecule has 0 saturated carbocycles. The Bertz CT molecular complexity index is 924. The molecule has 1 aromatic heterocycles. The summed E-state index contributed by atoms with van der Waals surface area (Å²) in [4.78, 5) is 17.6. The van der Waals surface area contributed by atoms with Crippen LogP contribution in [0, 0.1) is 0 Å². The number of carbonyl (C=O) groups is 1. The quantitative estimate of drug-likeness (QED) is 0.670. The van der Waals surface area contributed by atoms with Gasteiger partial charge in [-0.05, 0) is 41.3 Å². The summed E-state index contributed by atoms with van der Waals surface area (Å²) in [5.74, 6) is 0. The Labute approximate surface area is 141 Å². The molecule has 1 saturated heterocycles. The molecule has 0 radical (unpaired) electrons. The van der Waals surface area contributed by atoms with Gasteiger partial charge in [0.05, 0.1) is 5.52 Å². The van der Waals surface area contributed by atoms with Gasteiger partial charge in [-0.15, -0.1) is 0 Å². The van der Waals surface area contributed by atoms with Gasteiger partial charge in [-0.2, -0.15) is 0 Å². The summed E-state index contributed by atoms with van der Waals surface area (Å²) in [5.41, 5.74) is 6.07. The van der Waals surface area contributed by atoms with Crippen molar-refractivity contribution in [3.05, 3.63) is 72.4 Å². The Morgan fingerprint density at radius 2 is 1.88 bits per heavy atom. The molecule has 0 aliphatic carbocycles. The molecule has 0 atom stereocenters. The third kappa shape index (κ3) is 2.48. The number of carbonyl (C=O) groups excluding carboxylic acids is 1. The van der Waals surface area contributed by atoms with Crippen molar-refractivity contribution in [3.63, 3.8) is 0 Å². The molecule has 1 aliphatic heterocycles. The summed E-state index contributed by atoms with van der Waals surface area (Å²) in [6.45, 7) is 6.42. The predicted molar refractivity (Wildman–Crippen MR) is 97.8 cm³/mol. The summed E-state index contributed by atoms with van der Waals surface area (Å²) < 4.78 is 0. The molecular weight excluding hydrogens is 296 g/mol. The van der Waals surface area contributed by atoms with E-state index >= 15 is 0 Å². The van der Waals surface area contributed by atoms with Crippen molar-refractivity contribution in [2.75, 3.05) is 13.1 Å². The lowest BCUT2D eigenvalue weighted by atomic mass is 9.98.